The number of carbonyl (C=O) groups is 1. The lowest BCUT2D eigenvalue weighted by molar-refractivity contribution is 0.0697. The van der Waals surface area contributed by atoms with Gasteiger partial charge in [0.1, 0.15) is 5.75 Å². The highest BCUT2D eigenvalue weighted by molar-refractivity contribution is 7.92. The molecule has 1 aliphatic rings. The van der Waals surface area contributed by atoms with E-state index in [1.807, 2.05) is 0 Å². The Morgan fingerprint density at radius 2 is 2.11 bits per heavy atom. The summed E-state index contributed by atoms with van der Waals surface area (Å²) in [5.74, 6) is -0.665. The molecule has 104 valence electrons. The first-order chi connectivity index (χ1) is 8.95. The number of carboxylic acid groups (broad SMARTS) is 1. The molecule has 19 heavy (non-hydrogen) atoms. The Morgan fingerprint density at radius 1 is 1.37 bits per heavy atom. The molecule has 0 aliphatic carbocycles. The number of hydrogen-bond acceptors (Lipinski definition) is 4. The number of benzene rings is 1. The quantitative estimate of drug-likeness (QED) is 0.905. The molecule has 1 aromatic carbocycles. The summed E-state index contributed by atoms with van der Waals surface area (Å²) in [6.07, 6.45) is 1.37. The topological polar surface area (TPSA) is 83.9 Å². The molecule has 0 atom stereocenters. The van der Waals surface area contributed by atoms with Crippen molar-refractivity contribution >= 4 is 21.7 Å². The highest BCUT2D eigenvalue weighted by atomic mass is 32.2. The van der Waals surface area contributed by atoms with E-state index in [1.54, 1.807) is 0 Å². The molecule has 2 rings (SSSR count). The monoisotopic (exact) mass is 285 g/mol. The fourth-order valence-corrected chi connectivity index (χ4v) is 3.72. The Bertz CT molecular complexity index is 596. The number of sulfonamides is 1. The van der Waals surface area contributed by atoms with Gasteiger partial charge in [0, 0.05) is 6.54 Å². The number of aromatic carboxylic acids is 1. The minimum absolute atomic E-state index is 0.0385. The predicted octanol–water partition coefficient (Wildman–Crippen LogP) is 1.32. The first kappa shape index (κ1) is 13.7. The van der Waals surface area contributed by atoms with E-state index in [-0.39, 0.29) is 11.3 Å². The van der Waals surface area contributed by atoms with E-state index < -0.39 is 16.0 Å². The molecule has 0 unspecified atom stereocenters. The highest BCUT2D eigenvalue weighted by Gasteiger charge is 2.28. The SMILES string of the molecule is COc1ccc(C(=O)O)cc1N1CCCCS1(=O)=O. The van der Waals surface area contributed by atoms with Gasteiger partial charge < -0.3 is 9.84 Å². The third-order valence-corrected chi connectivity index (χ3v) is 4.90. The fourth-order valence-electron chi connectivity index (χ4n) is 2.08. The molecule has 1 aromatic rings. The van der Waals surface area contributed by atoms with Crippen molar-refractivity contribution in [3.63, 3.8) is 0 Å². The van der Waals surface area contributed by atoms with Crippen LogP contribution in [-0.2, 0) is 10.0 Å². The van der Waals surface area contributed by atoms with E-state index in [4.69, 9.17) is 9.84 Å². The number of hydrogen-bond donors (Lipinski definition) is 1. The fraction of sp³-hybridized carbons (Fsp3) is 0.417. The van der Waals surface area contributed by atoms with Gasteiger partial charge in [0.2, 0.25) is 10.0 Å². The molecule has 0 radical (unpaired) electrons. The predicted molar refractivity (Wildman–Crippen MR) is 70.3 cm³/mol. The normalized spacial score (nSPS) is 18.1. The molecule has 1 saturated heterocycles. The van der Waals surface area contributed by atoms with Gasteiger partial charge in [0.05, 0.1) is 24.1 Å². The maximum Gasteiger partial charge on any atom is 0.335 e. The molecule has 1 heterocycles. The molecule has 0 spiro atoms. The van der Waals surface area contributed by atoms with Crippen LogP contribution < -0.4 is 9.04 Å². The molecule has 1 aliphatic heterocycles. The number of anilines is 1. The largest absolute Gasteiger partial charge is 0.495 e. The van der Waals surface area contributed by atoms with E-state index in [0.29, 0.717) is 24.4 Å². The van der Waals surface area contributed by atoms with Gasteiger partial charge in [-0.15, -0.1) is 0 Å². The van der Waals surface area contributed by atoms with Crippen LogP contribution in [0.4, 0.5) is 5.69 Å². The van der Waals surface area contributed by atoms with E-state index >= 15 is 0 Å². The summed E-state index contributed by atoms with van der Waals surface area (Å²) in [5.41, 5.74) is 0.332. The molecular weight excluding hydrogens is 270 g/mol. The van der Waals surface area contributed by atoms with Gasteiger partial charge in [-0.05, 0) is 31.0 Å². The summed E-state index contributed by atoms with van der Waals surface area (Å²) in [7, 11) is -1.96. The van der Waals surface area contributed by atoms with Gasteiger partial charge in [-0.3, -0.25) is 4.31 Å². The number of carboxylic acids is 1. The lowest BCUT2D eigenvalue weighted by atomic mass is 10.2. The van der Waals surface area contributed by atoms with Crippen molar-refractivity contribution in [1.29, 1.82) is 0 Å². The van der Waals surface area contributed by atoms with Crippen LogP contribution in [0, 0.1) is 0 Å². The summed E-state index contributed by atoms with van der Waals surface area (Å²) >= 11 is 0. The molecule has 1 N–H and O–H groups in total. The zero-order valence-electron chi connectivity index (χ0n) is 10.5. The summed E-state index contributed by atoms with van der Waals surface area (Å²) in [6.45, 7) is 0.349. The minimum atomic E-state index is -3.39. The molecule has 7 heteroatoms. The first-order valence-electron chi connectivity index (χ1n) is 5.87. The summed E-state index contributed by atoms with van der Waals surface area (Å²) in [6, 6.07) is 4.20. The summed E-state index contributed by atoms with van der Waals surface area (Å²) in [5, 5.41) is 8.99. The Morgan fingerprint density at radius 3 is 2.68 bits per heavy atom. The Balaban J connectivity index is 2.52. The van der Waals surface area contributed by atoms with Gasteiger partial charge >= 0.3 is 5.97 Å². The highest BCUT2D eigenvalue weighted by Crippen LogP contribution is 2.33. The number of ether oxygens (including phenoxy) is 1. The molecule has 0 aromatic heterocycles. The summed E-state index contributed by atoms with van der Waals surface area (Å²) in [4.78, 5) is 11.0. The lowest BCUT2D eigenvalue weighted by Crippen LogP contribution is -2.38. The average molecular weight is 285 g/mol. The summed E-state index contributed by atoms with van der Waals surface area (Å²) < 4.78 is 30.5. The molecule has 1 fully saturated rings. The van der Waals surface area contributed by atoms with Crippen molar-refractivity contribution in [2.75, 3.05) is 23.7 Å². The number of nitrogens with zero attached hydrogens (tertiary/aromatic N) is 1. The second-order valence-corrected chi connectivity index (χ2v) is 6.30. The van der Waals surface area contributed by atoms with Crippen LogP contribution >= 0.6 is 0 Å². The first-order valence-corrected chi connectivity index (χ1v) is 7.48. The second-order valence-electron chi connectivity index (χ2n) is 4.29. The maximum absolute atomic E-state index is 12.1. The van der Waals surface area contributed by atoms with Crippen LogP contribution in [0.5, 0.6) is 5.75 Å². The van der Waals surface area contributed by atoms with Crippen LogP contribution in [0.2, 0.25) is 0 Å². The van der Waals surface area contributed by atoms with Crippen molar-refractivity contribution in [3.8, 4) is 5.75 Å². The molecule has 0 saturated carbocycles. The molecule has 0 amide bonds. The number of rotatable bonds is 3. The smallest absolute Gasteiger partial charge is 0.335 e. The zero-order valence-corrected chi connectivity index (χ0v) is 11.3. The van der Waals surface area contributed by atoms with Crippen molar-refractivity contribution in [2.45, 2.75) is 12.8 Å². The lowest BCUT2D eigenvalue weighted by Gasteiger charge is -2.29. The Kier molecular flexibility index (Phi) is 3.66. The third-order valence-electron chi connectivity index (χ3n) is 3.04. The van der Waals surface area contributed by atoms with Gasteiger partial charge in [-0.2, -0.15) is 0 Å². The second kappa shape index (κ2) is 5.08. The standard InChI is InChI=1S/C12H15NO5S/c1-18-11-5-4-9(12(14)15)8-10(11)13-6-2-3-7-19(13,16)17/h4-5,8H,2-3,6-7H2,1H3,(H,14,15). The van der Waals surface area contributed by atoms with E-state index in [1.165, 1.54) is 29.6 Å². The number of methoxy groups -OCH3 is 1. The molecule has 6 nitrogen and oxygen atoms in total. The van der Waals surface area contributed by atoms with E-state index in [9.17, 15) is 13.2 Å². The zero-order chi connectivity index (χ0) is 14.0. The van der Waals surface area contributed by atoms with Gasteiger partial charge in [-0.25, -0.2) is 13.2 Å². The van der Waals surface area contributed by atoms with Gasteiger partial charge in [-0.1, -0.05) is 0 Å². The Hall–Kier alpha value is -1.76. The third kappa shape index (κ3) is 2.65. The van der Waals surface area contributed by atoms with Crippen LogP contribution in [0.1, 0.15) is 23.2 Å². The molecule has 0 bridgehead atoms. The van der Waals surface area contributed by atoms with E-state index in [0.717, 1.165) is 6.42 Å². The van der Waals surface area contributed by atoms with Crippen LogP contribution in [0.25, 0.3) is 0 Å². The van der Waals surface area contributed by atoms with Crippen LogP contribution in [0.3, 0.4) is 0 Å². The van der Waals surface area contributed by atoms with Crippen molar-refractivity contribution < 1.29 is 23.1 Å². The van der Waals surface area contributed by atoms with Gasteiger partial charge in [0.25, 0.3) is 0 Å². The Labute approximate surface area is 111 Å². The van der Waals surface area contributed by atoms with E-state index in [2.05, 4.69) is 0 Å². The van der Waals surface area contributed by atoms with Crippen LogP contribution in [-0.4, -0.2) is 38.9 Å². The van der Waals surface area contributed by atoms with Crippen molar-refractivity contribution in [1.82, 2.24) is 0 Å². The average Bonchev–Trinajstić information content (AvgIpc) is 2.37. The maximum atomic E-state index is 12.1. The molecular formula is C12H15NO5S. The van der Waals surface area contributed by atoms with Crippen molar-refractivity contribution in [2.24, 2.45) is 0 Å². The van der Waals surface area contributed by atoms with Crippen LogP contribution in [0.15, 0.2) is 18.2 Å². The van der Waals surface area contributed by atoms with Gasteiger partial charge in [0.15, 0.2) is 0 Å². The minimum Gasteiger partial charge on any atom is -0.495 e. The van der Waals surface area contributed by atoms with Crippen molar-refractivity contribution in [3.05, 3.63) is 23.8 Å².